The third-order valence-corrected chi connectivity index (χ3v) is 7.30. The summed E-state index contributed by atoms with van der Waals surface area (Å²) in [7, 11) is 0. The molecule has 1 aromatic carbocycles. The van der Waals surface area contributed by atoms with Gasteiger partial charge in [-0.3, -0.25) is 4.79 Å². The van der Waals surface area contributed by atoms with Crippen LogP contribution in [0, 0.1) is 19.7 Å². The number of halogens is 2. The Labute approximate surface area is 199 Å². The number of piperazine rings is 1. The lowest BCUT2D eigenvalue weighted by atomic mass is 10.1. The molecule has 7 nitrogen and oxygen atoms in total. The molecule has 5 rings (SSSR count). The second kappa shape index (κ2) is 8.72. The van der Waals surface area contributed by atoms with Crippen LogP contribution in [-0.2, 0) is 11.3 Å². The van der Waals surface area contributed by atoms with Gasteiger partial charge in [0.25, 0.3) is 0 Å². The van der Waals surface area contributed by atoms with Crippen LogP contribution in [0.15, 0.2) is 36.0 Å². The molecule has 1 aliphatic rings. The van der Waals surface area contributed by atoms with E-state index in [0.29, 0.717) is 42.5 Å². The van der Waals surface area contributed by atoms with Crippen LogP contribution in [0.1, 0.15) is 11.1 Å². The second-order valence-electron chi connectivity index (χ2n) is 8.02. The van der Waals surface area contributed by atoms with Gasteiger partial charge in [0.05, 0.1) is 5.69 Å². The second-order valence-corrected chi connectivity index (χ2v) is 9.33. The predicted octanol–water partition coefficient (Wildman–Crippen LogP) is 4.31. The Balaban J connectivity index is 1.32. The van der Waals surface area contributed by atoms with E-state index in [1.807, 2.05) is 36.3 Å². The standard InChI is InChI=1S/C23H22ClFN6OS/c1-14-15(2)21(18(25)12-17(14)24)30-9-7-29(8-10-30)19(32)13-31-22-16(4-3-5-26-22)20(28-31)23-27-6-11-33-23/h3-6,11-12H,7-10,13H2,1-2H3. The summed E-state index contributed by atoms with van der Waals surface area (Å²) in [4.78, 5) is 25.7. The Morgan fingerprint density at radius 2 is 1.94 bits per heavy atom. The van der Waals surface area contributed by atoms with Crippen LogP contribution in [0.2, 0.25) is 5.02 Å². The van der Waals surface area contributed by atoms with E-state index in [1.165, 1.54) is 17.4 Å². The lowest BCUT2D eigenvalue weighted by Gasteiger charge is -2.37. The molecule has 170 valence electrons. The van der Waals surface area contributed by atoms with E-state index in [4.69, 9.17) is 11.6 Å². The number of pyridine rings is 1. The molecule has 33 heavy (non-hydrogen) atoms. The quantitative estimate of drug-likeness (QED) is 0.431. The number of benzene rings is 1. The molecule has 0 unspecified atom stereocenters. The van der Waals surface area contributed by atoms with Crippen LogP contribution < -0.4 is 4.90 Å². The van der Waals surface area contributed by atoms with E-state index in [9.17, 15) is 9.18 Å². The zero-order chi connectivity index (χ0) is 23.1. The molecule has 0 aliphatic carbocycles. The van der Waals surface area contributed by atoms with Gasteiger partial charge in [-0.15, -0.1) is 11.3 Å². The first kappa shape index (κ1) is 21.8. The van der Waals surface area contributed by atoms with Crippen LogP contribution in [0.3, 0.4) is 0 Å². The molecule has 0 bridgehead atoms. The van der Waals surface area contributed by atoms with Gasteiger partial charge in [-0.2, -0.15) is 5.10 Å². The molecular weight excluding hydrogens is 463 g/mol. The number of hydrogen-bond acceptors (Lipinski definition) is 6. The number of aromatic nitrogens is 4. The van der Waals surface area contributed by atoms with Crippen molar-refractivity contribution >= 4 is 45.6 Å². The van der Waals surface area contributed by atoms with Gasteiger partial charge in [0.2, 0.25) is 5.91 Å². The molecule has 0 radical (unpaired) electrons. The number of amides is 1. The van der Waals surface area contributed by atoms with Crippen molar-refractivity contribution in [2.75, 3.05) is 31.1 Å². The van der Waals surface area contributed by atoms with Crippen molar-refractivity contribution in [2.45, 2.75) is 20.4 Å². The maximum atomic E-state index is 14.7. The van der Waals surface area contributed by atoms with Gasteiger partial charge in [-0.05, 0) is 43.2 Å². The zero-order valence-corrected chi connectivity index (χ0v) is 19.8. The normalized spacial score (nSPS) is 14.3. The predicted molar refractivity (Wildman–Crippen MR) is 128 cm³/mol. The lowest BCUT2D eigenvalue weighted by Crippen LogP contribution is -2.50. The molecule has 1 fully saturated rings. The summed E-state index contributed by atoms with van der Waals surface area (Å²) in [5, 5.41) is 8.64. The summed E-state index contributed by atoms with van der Waals surface area (Å²) < 4.78 is 16.3. The molecule has 0 saturated carbocycles. The monoisotopic (exact) mass is 484 g/mol. The lowest BCUT2D eigenvalue weighted by molar-refractivity contribution is -0.132. The number of rotatable bonds is 4. The first-order chi connectivity index (χ1) is 15.9. The van der Waals surface area contributed by atoms with Gasteiger partial charge in [-0.25, -0.2) is 19.0 Å². The van der Waals surface area contributed by atoms with Crippen molar-refractivity contribution in [3.8, 4) is 10.7 Å². The van der Waals surface area contributed by atoms with Gasteiger partial charge < -0.3 is 9.80 Å². The molecule has 0 atom stereocenters. The number of nitrogens with zero attached hydrogens (tertiary/aromatic N) is 6. The average Bonchev–Trinajstić information content (AvgIpc) is 3.47. The van der Waals surface area contributed by atoms with Crippen LogP contribution in [0.25, 0.3) is 21.7 Å². The Kier molecular flexibility index (Phi) is 5.76. The zero-order valence-electron chi connectivity index (χ0n) is 18.3. The highest BCUT2D eigenvalue weighted by molar-refractivity contribution is 7.13. The highest BCUT2D eigenvalue weighted by atomic mass is 35.5. The molecule has 0 N–H and O–H groups in total. The summed E-state index contributed by atoms with van der Waals surface area (Å²) in [6.45, 7) is 5.97. The number of carbonyl (C=O) groups excluding carboxylic acids is 1. The molecule has 0 spiro atoms. The van der Waals surface area contributed by atoms with Crippen LogP contribution in [-0.4, -0.2) is 56.7 Å². The fraction of sp³-hybridized carbons (Fsp3) is 0.304. The number of thiazole rings is 1. The van der Waals surface area contributed by atoms with E-state index in [-0.39, 0.29) is 18.3 Å². The van der Waals surface area contributed by atoms with E-state index >= 15 is 0 Å². The van der Waals surface area contributed by atoms with Crippen molar-refractivity contribution in [3.63, 3.8) is 0 Å². The molecular formula is C23H22ClFN6OS. The molecule has 1 saturated heterocycles. The first-order valence-electron chi connectivity index (χ1n) is 10.6. The molecule has 3 aromatic heterocycles. The third kappa shape index (κ3) is 3.95. The van der Waals surface area contributed by atoms with Crippen molar-refractivity contribution < 1.29 is 9.18 Å². The minimum absolute atomic E-state index is 0.0418. The van der Waals surface area contributed by atoms with Gasteiger partial charge in [0, 0.05) is 54.4 Å². The van der Waals surface area contributed by atoms with E-state index < -0.39 is 0 Å². The fourth-order valence-electron chi connectivity index (χ4n) is 4.24. The largest absolute Gasteiger partial charge is 0.365 e. The Morgan fingerprint density at radius 3 is 2.67 bits per heavy atom. The van der Waals surface area contributed by atoms with E-state index in [2.05, 4.69) is 15.1 Å². The Bertz CT molecular complexity index is 1330. The van der Waals surface area contributed by atoms with Gasteiger partial charge >= 0.3 is 0 Å². The summed E-state index contributed by atoms with van der Waals surface area (Å²) in [6, 6.07) is 5.16. The molecule has 4 aromatic rings. The number of anilines is 1. The molecule has 10 heteroatoms. The van der Waals surface area contributed by atoms with E-state index in [0.717, 1.165) is 27.2 Å². The van der Waals surface area contributed by atoms with Crippen molar-refractivity contribution in [1.29, 1.82) is 0 Å². The molecule has 1 amide bonds. The van der Waals surface area contributed by atoms with Crippen LogP contribution >= 0.6 is 22.9 Å². The average molecular weight is 485 g/mol. The highest BCUT2D eigenvalue weighted by Gasteiger charge is 2.26. The third-order valence-electron chi connectivity index (χ3n) is 6.13. The number of carbonyl (C=O) groups is 1. The van der Waals surface area contributed by atoms with Gasteiger partial charge in [0.1, 0.15) is 23.1 Å². The summed E-state index contributed by atoms with van der Waals surface area (Å²) >= 11 is 7.62. The number of hydrogen-bond donors (Lipinski definition) is 0. The molecule has 1 aliphatic heterocycles. The van der Waals surface area contributed by atoms with Gasteiger partial charge in [-0.1, -0.05) is 11.6 Å². The maximum Gasteiger partial charge on any atom is 0.244 e. The van der Waals surface area contributed by atoms with E-state index in [1.54, 1.807) is 22.0 Å². The van der Waals surface area contributed by atoms with Crippen molar-refractivity contribution in [2.24, 2.45) is 0 Å². The minimum Gasteiger partial charge on any atom is -0.365 e. The topological polar surface area (TPSA) is 67.2 Å². The Morgan fingerprint density at radius 1 is 1.15 bits per heavy atom. The van der Waals surface area contributed by atoms with Crippen molar-refractivity contribution in [1.82, 2.24) is 24.6 Å². The maximum absolute atomic E-state index is 14.7. The first-order valence-corrected chi connectivity index (χ1v) is 11.9. The SMILES string of the molecule is Cc1c(Cl)cc(F)c(N2CCN(C(=O)Cn3nc(-c4nccs4)c4cccnc43)CC2)c1C. The molecule has 4 heterocycles. The Hall–Kier alpha value is -3.04. The fourth-order valence-corrected chi connectivity index (χ4v) is 5.11. The van der Waals surface area contributed by atoms with Gasteiger partial charge in [0.15, 0.2) is 5.65 Å². The summed E-state index contributed by atoms with van der Waals surface area (Å²) in [5.74, 6) is -0.369. The highest BCUT2D eigenvalue weighted by Crippen LogP contribution is 2.32. The minimum atomic E-state index is -0.327. The van der Waals surface area contributed by atoms with Crippen molar-refractivity contribution in [3.05, 3.63) is 57.9 Å². The summed E-state index contributed by atoms with van der Waals surface area (Å²) in [5.41, 5.74) is 3.67. The smallest absolute Gasteiger partial charge is 0.244 e. The summed E-state index contributed by atoms with van der Waals surface area (Å²) in [6.07, 6.45) is 3.43. The van der Waals surface area contributed by atoms with Crippen LogP contribution in [0.4, 0.5) is 10.1 Å². The number of fused-ring (bicyclic) bond motifs is 1. The van der Waals surface area contributed by atoms with Crippen LogP contribution in [0.5, 0.6) is 0 Å².